The molecule has 0 saturated carbocycles. The van der Waals surface area contributed by atoms with Gasteiger partial charge in [-0.05, 0) is 31.4 Å². The van der Waals surface area contributed by atoms with E-state index in [9.17, 15) is 4.79 Å². The zero-order chi connectivity index (χ0) is 13.0. The predicted molar refractivity (Wildman–Crippen MR) is 69.9 cm³/mol. The third kappa shape index (κ3) is 2.89. The zero-order valence-electron chi connectivity index (χ0n) is 10.8. The molecule has 2 N–H and O–H groups in total. The summed E-state index contributed by atoms with van der Waals surface area (Å²) >= 11 is 0. The van der Waals surface area contributed by atoms with Gasteiger partial charge in [-0.3, -0.25) is 4.79 Å². The van der Waals surface area contributed by atoms with Gasteiger partial charge in [0, 0.05) is 24.6 Å². The Bertz CT molecular complexity index is 418. The number of likely N-dealkylation sites (tertiary alicyclic amines) is 1. The molecule has 1 amide bonds. The maximum atomic E-state index is 12.4. The third-order valence-electron chi connectivity index (χ3n) is 3.51. The number of amides is 1. The van der Waals surface area contributed by atoms with Crippen LogP contribution in [-0.4, -0.2) is 30.5 Å². The van der Waals surface area contributed by atoms with Crippen molar-refractivity contribution in [3.05, 3.63) is 35.4 Å². The van der Waals surface area contributed by atoms with Crippen LogP contribution in [0.4, 0.5) is 0 Å². The second-order valence-electron chi connectivity index (χ2n) is 4.91. The first-order chi connectivity index (χ1) is 8.72. The van der Waals surface area contributed by atoms with Gasteiger partial charge < -0.3 is 9.74 Å². The summed E-state index contributed by atoms with van der Waals surface area (Å²) in [5.74, 6) is 5.59. The second kappa shape index (κ2) is 5.98. The van der Waals surface area contributed by atoms with Gasteiger partial charge in [-0.25, -0.2) is 5.90 Å². The molecule has 0 bridgehead atoms. The fourth-order valence-electron chi connectivity index (χ4n) is 2.50. The van der Waals surface area contributed by atoms with Gasteiger partial charge in [-0.2, -0.15) is 0 Å². The third-order valence-corrected chi connectivity index (χ3v) is 3.51. The number of nitrogens with zero attached hydrogens (tertiary/aromatic N) is 1. The molecule has 0 aromatic heterocycles. The monoisotopic (exact) mass is 248 g/mol. The summed E-state index contributed by atoms with van der Waals surface area (Å²) in [5.41, 5.74) is 1.83. The molecule has 1 fully saturated rings. The molecule has 1 aromatic rings. The molecule has 1 atom stereocenters. The van der Waals surface area contributed by atoms with Crippen molar-refractivity contribution in [2.24, 2.45) is 11.8 Å². The molecule has 0 radical (unpaired) electrons. The van der Waals surface area contributed by atoms with Crippen LogP contribution in [0.5, 0.6) is 0 Å². The van der Waals surface area contributed by atoms with E-state index >= 15 is 0 Å². The molecule has 1 aromatic carbocycles. The molecule has 4 nitrogen and oxygen atoms in total. The number of piperidine rings is 1. The van der Waals surface area contributed by atoms with Crippen molar-refractivity contribution in [1.29, 1.82) is 0 Å². The number of benzene rings is 1. The fourth-order valence-corrected chi connectivity index (χ4v) is 2.50. The topological polar surface area (TPSA) is 55.6 Å². The smallest absolute Gasteiger partial charge is 0.254 e. The lowest BCUT2D eigenvalue weighted by atomic mass is 9.97. The first-order valence-corrected chi connectivity index (χ1v) is 6.39. The summed E-state index contributed by atoms with van der Waals surface area (Å²) in [5, 5.41) is 0. The minimum absolute atomic E-state index is 0.120. The van der Waals surface area contributed by atoms with E-state index in [0.29, 0.717) is 12.5 Å². The number of nitrogens with two attached hydrogens (primary N) is 1. The number of aryl methyl sites for hydroxylation is 1. The average Bonchev–Trinajstić information content (AvgIpc) is 2.39. The first-order valence-electron chi connectivity index (χ1n) is 6.39. The molecule has 1 aliphatic rings. The van der Waals surface area contributed by atoms with Crippen LogP contribution in [0.25, 0.3) is 0 Å². The molecule has 1 saturated heterocycles. The molecule has 18 heavy (non-hydrogen) atoms. The van der Waals surface area contributed by atoms with E-state index in [4.69, 9.17) is 10.7 Å². The number of carbonyl (C=O) groups excluding carboxylic acids is 1. The zero-order valence-corrected chi connectivity index (χ0v) is 10.8. The highest BCUT2D eigenvalue weighted by Gasteiger charge is 2.25. The van der Waals surface area contributed by atoms with E-state index in [2.05, 4.69) is 0 Å². The SMILES string of the molecule is Cc1ccccc1C(=O)N1CCCC(CON)C1. The Morgan fingerprint density at radius 3 is 3.00 bits per heavy atom. The maximum Gasteiger partial charge on any atom is 0.254 e. The quantitative estimate of drug-likeness (QED) is 0.829. The Morgan fingerprint density at radius 1 is 1.50 bits per heavy atom. The molecular formula is C14H20N2O2. The van der Waals surface area contributed by atoms with E-state index in [1.54, 1.807) is 0 Å². The summed E-state index contributed by atoms with van der Waals surface area (Å²) in [6.07, 6.45) is 2.10. The lowest BCUT2D eigenvalue weighted by Gasteiger charge is -2.32. The van der Waals surface area contributed by atoms with E-state index in [0.717, 1.165) is 37.1 Å². The van der Waals surface area contributed by atoms with Crippen molar-refractivity contribution in [3.8, 4) is 0 Å². The van der Waals surface area contributed by atoms with Crippen LogP contribution in [0.15, 0.2) is 24.3 Å². The first kappa shape index (κ1) is 13.1. The van der Waals surface area contributed by atoms with Crippen molar-refractivity contribution in [1.82, 2.24) is 4.90 Å². The lowest BCUT2D eigenvalue weighted by molar-refractivity contribution is 0.0471. The highest BCUT2D eigenvalue weighted by Crippen LogP contribution is 2.19. The molecule has 1 unspecified atom stereocenters. The van der Waals surface area contributed by atoms with E-state index < -0.39 is 0 Å². The number of hydrogen-bond acceptors (Lipinski definition) is 3. The number of rotatable bonds is 3. The van der Waals surface area contributed by atoms with Crippen molar-refractivity contribution >= 4 is 5.91 Å². The van der Waals surface area contributed by atoms with Crippen molar-refractivity contribution in [3.63, 3.8) is 0 Å². The van der Waals surface area contributed by atoms with Gasteiger partial charge >= 0.3 is 0 Å². The van der Waals surface area contributed by atoms with Gasteiger partial charge in [0.2, 0.25) is 0 Å². The Kier molecular flexibility index (Phi) is 4.33. The van der Waals surface area contributed by atoms with Crippen LogP contribution in [0.1, 0.15) is 28.8 Å². The summed E-state index contributed by atoms with van der Waals surface area (Å²) < 4.78 is 0. The van der Waals surface area contributed by atoms with Gasteiger partial charge in [0.15, 0.2) is 0 Å². The van der Waals surface area contributed by atoms with Gasteiger partial charge in [-0.1, -0.05) is 18.2 Å². The molecule has 0 aliphatic carbocycles. The van der Waals surface area contributed by atoms with E-state index in [1.807, 2.05) is 36.1 Å². The number of carbonyl (C=O) groups is 1. The van der Waals surface area contributed by atoms with Gasteiger partial charge in [0.05, 0.1) is 6.61 Å². The van der Waals surface area contributed by atoms with Gasteiger partial charge in [0.1, 0.15) is 0 Å². The average molecular weight is 248 g/mol. The molecule has 4 heteroatoms. The van der Waals surface area contributed by atoms with Crippen LogP contribution < -0.4 is 5.90 Å². The highest BCUT2D eigenvalue weighted by atomic mass is 16.6. The Balaban J connectivity index is 2.07. The maximum absolute atomic E-state index is 12.4. The molecule has 0 spiro atoms. The minimum Gasteiger partial charge on any atom is -0.338 e. The Hall–Kier alpha value is -1.39. The normalized spacial score (nSPS) is 19.9. The van der Waals surface area contributed by atoms with Crippen LogP contribution in [0.3, 0.4) is 0 Å². The fraction of sp³-hybridized carbons (Fsp3) is 0.500. The Labute approximate surface area is 108 Å². The van der Waals surface area contributed by atoms with Crippen LogP contribution in [0.2, 0.25) is 0 Å². The summed E-state index contributed by atoms with van der Waals surface area (Å²) in [6.45, 7) is 4.06. The Morgan fingerprint density at radius 2 is 2.28 bits per heavy atom. The van der Waals surface area contributed by atoms with Crippen LogP contribution in [0, 0.1) is 12.8 Å². The minimum atomic E-state index is 0.120. The summed E-state index contributed by atoms with van der Waals surface area (Å²) in [6, 6.07) is 7.72. The highest BCUT2D eigenvalue weighted by molar-refractivity contribution is 5.95. The summed E-state index contributed by atoms with van der Waals surface area (Å²) in [4.78, 5) is 19.0. The molecule has 98 valence electrons. The molecule has 2 rings (SSSR count). The van der Waals surface area contributed by atoms with Crippen molar-refractivity contribution in [2.75, 3.05) is 19.7 Å². The molecule has 1 aliphatic heterocycles. The molecular weight excluding hydrogens is 228 g/mol. The van der Waals surface area contributed by atoms with Gasteiger partial charge in [0.25, 0.3) is 5.91 Å². The van der Waals surface area contributed by atoms with Gasteiger partial charge in [-0.15, -0.1) is 0 Å². The van der Waals surface area contributed by atoms with E-state index in [-0.39, 0.29) is 5.91 Å². The largest absolute Gasteiger partial charge is 0.338 e. The standard InChI is InChI=1S/C14H20N2O2/c1-11-5-2-3-7-13(11)14(17)16-8-4-6-12(9-16)10-18-15/h2-3,5,7,12H,4,6,8-10,15H2,1H3. The van der Waals surface area contributed by atoms with Crippen LogP contribution >= 0.6 is 0 Å². The molecule has 1 heterocycles. The van der Waals surface area contributed by atoms with E-state index in [1.165, 1.54) is 0 Å². The predicted octanol–water partition coefficient (Wildman–Crippen LogP) is 1.74. The summed E-state index contributed by atoms with van der Waals surface area (Å²) in [7, 11) is 0. The van der Waals surface area contributed by atoms with Crippen molar-refractivity contribution in [2.45, 2.75) is 19.8 Å². The van der Waals surface area contributed by atoms with Crippen LogP contribution in [-0.2, 0) is 4.84 Å². The lowest BCUT2D eigenvalue weighted by Crippen LogP contribution is -2.41. The van der Waals surface area contributed by atoms with Crippen molar-refractivity contribution < 1.29 is 9.63 Å². The second-order valence-corrected chi connectivity index (χ2v) is 4.91. The number of hydrogen-bond donors (Lipinski definition) is 1.